The number of rotatable bonds is 4. The molecule has 1 aliphatic rings. The Hall–Kier alpha value is -3.07. The SMILES string of the molecule is CC(=O)Nc1cccc(N2C[C@@H](C(=O)Nc3ccc(Cl)c(C(F)(F)F)c3)CC2=O)c1. The van der Waals surface area contributed by atoms with Crippen LogP contribution in [0, 0.1) is 5.92 Å². The van der Waals surface area contributed by atoms with E-state index in [1.807, 2.05) is 0 Å². The van der Waals surface area contributed by atoms with Gasteiger partial charge in [0, 0.05) is 37.0 Å². The zero-order chi connectivity index (χ0) is 22.1. The molecule has 0 radical (unpaired) electrons. The van der Waals surface area contributed by atoms with Gasteiger partial charge in [-0.2, -0.15) is 13.2 Å². The Bertz CT molecular complexity index is 1010. The minimum Gasteiger partial charge on any atom is -0.326 e. The fraction of sp³-hybridized carbons (Fsp3) is 0.250. The van der Waals surface area contributed by atoms with Crippen molar-refractivity contribution in [1.29, 1.82) is 0 Å². The molecular formula is C20H17ClF3N3O3. The first-order chi connectivity index (χ1) is 14.0. The summed E-state index contributed by atoms with van der Waals surface area (Å²) in [6, 6.07) is 9.67. The predicted molar refractivity (Wildman–Crippen MR) is 106 cm³/mol. The van der Waals surface area contributed by atoms with E-state index in [9.17, 15) is 27.6 Å². The molecule has 1 atom stereocenters. The lowest BCUT2D eigenvalue weighted by molar-refractivity contribution is -0.137. The molecular weight excluding hydrogens is 423 g/mol. The van der Waals surface area contributed by atoms with Crippen LogP contribution < -0.4 is 15.5 Å². The number of carbonyl (C=O) groups is 3. The lowest BCUT2D eigenvalue weighted by atomic mass is 10.1. The fourth-order valence-electron chi connectivity index (χ4n) is 3.15. The van der Waals surface area contributed by atoms with Crippen molar-refractivity contribution in [2.75, 3.05) is 22.1 Å². The van der Waals surface area contributed by atoms with Gasteiger partial charge in [-0.25, -0.2) is 0 Å². The lowest BCUT2D eigenvalue weighted by Crippen LogP contribution is -2.28. The van der Waals surface area contributed by atoms with Gasteiger partial charge < -0.3 is 15.5 Å². The van der Waals surface area contributed by atoms with Crippen molar-refractivity contribution < 1.29 is 27.6 Å². The summed E-state index contributed by atoms with van der Waals surface area (Å²) in [7, 11) is 0. The molecule has 3 rings (SSSR count). The topological polar surface area (TPSA) is 78.5 Å². The second-order valence-electron chi connectivity index (χ2n) is 6.82. The van der Waals surface area contributed by atoms with E-state index >= 15 is 0 Å². The maximum atomic E-state index is 13.0. The summed E-state index contributed by atoms with van der Waals surface area (Å²) in [5.41, 5.74) is -0.106. The summed E-state index contributed by atoms with van der Waals surface area (Å²) >= 11 is 5.58. The Labute approximate surface area is 175 Å². The van der Waals surface area contributed by atoms with Crippen LogP contribution in [0.15, 0.2) is 42.5 Å². The number of benzene rings is 2. The van der Waals surface area contributed by atoms with Crippen LogP contribution >= 0.6 is 11.6 Å². The Morgan fingerprint density at radius 2 is 1.80 bits per heavy atom. The number of hydrogen-bond acceptors (Lipinski definition) is 3. The fourth-order valence-corrected chi connectivity index (χ4v) is 3.38. The second kappa shape index (κ2) is 8.35. The first kappa shape index (κ1) is 21.6. The van der Waals surface area contributed by atoms with E-state index in [0.29, 0.717) is 11.4 Å². The first-order valence-corrected chi connectivity index (χ1v) is 9.28. The Morgan fingerprint density at radius 1 is 1.10 bits per heavy atom. The molecule has 0 spiro atoms. The van der Waals surface area contributed by atoms with Gasteiger partial charge in [-0.3, -0.25) is 14.4 Å². The zero-order valence-electron chi connectivity index (χ0n) is 15.7. The highest BCUT2D eigenvalue weighted by atomic mass is 35.5. The standard InChI is InChI=1S/C20H17ClF3N3O3/c1-11(28)25-13-3-2-4-15(8-13)27-10-12(7-18(27)29)19(30)26-14-5-6-17(21)16(9-14)20(22,23)24/h2-6,8-9,12H,7,10H2,1H3,(H,25,28)(H,26,30)/t12-/m0/s1. The molecule has 1 fully saturated rings. The first-order valence-electron chi connectivity index (χ1n) is 8.90. The second-order valence-corrected chi connectivity index (χ2v) is 7.23. The molecule has 0 aromatic heterocycles. The van der Waals surface area contributed by atoms with E-state index in [-0.39, 0.29) is 30.5 Å². The number of hydrogen-bond donors (Lipinski definition) is 2. The van der Waals surface area contributed by atoms with Crippen molar-refractivity contribution in [3.05, 3.63) is 53.1 Å². The summed E-state index contributed by atoms with van der Waals surface area (Å²) in [4.78, 5) is 37.5. The molecule has 30 heavy (non-hydrogen) atoms. The van der Waals surface area contributed by atoms with Gasteiger partial charge in [0.15, 0.2) is 0 Å². The van der Waals surface area contributed by atoms with Crippen LogP contribution in [0.1, 0.15) is 18.9 Å². The number of nitrogens with zero attached hydrogens (tertiary/aromatic N) is 1. The van der Waals surface area contributed by atoms with Gasteiger partial charge in [0.2, 0.25) is 17.7 Å². The third kappa shape index (κ3) is 4.91. The van der Waals surface area contributed by atoms with Crippen molar-refractivity contribution in [1.82, 2.24) is 0 Å². The van der Waals surface area contributed by atoms with Crippen molar-refractivity contribution in [3.8, 4) is 0 Å². The largest absolute Gasteiger partial charge is 0.417 e. The number of amides is 3. The van der Waals surface area contributed by atoms with Crippen molar-refractivity contribution in [3.63, 3.8) is 0 Å². The average molecular weight is 440 g/mol. The zero-order valence-corrected chi connectivity index (χ0v) is 16.5. The van der Waals surface area contributed by atoms with Gasteiger partial charge in [-0.15, -0.1) is 0 Å². The van der Waals surface area contributed by atoms with E-state index in [1.165, 1.54) is 17.9 Å². The summed E-state index contributed by atoms with van der Waals surface area (Å²) in [6.45, 7) is 1.42. The van der Waals surface area contributed by atoms with Crippen LogP contribution in [0.4, 0.5) is 30.2 Å². The summed E-state index contributed by atoms with van der Waals surface area (Å²) in [5.74, 6) is -1.88. The normalized spacial score (nSPS) is 16.5. The molecule has 158 valence electrons. The van der Waals surface area contributed by atoms with E-state index in [0.717, 1.165) is 12.1 Å². The van der Waals surface area contributed by atoms with Gasteiger partial charge in [-0.05, 0) is 36.4 Å². The van der Waals surface area contributed by atoms with Gasteiger partial charge in [0.25, 0.3) is 0 Å². The highest BCUT2D eigenvalue weighted by molar-refractivity contribution is 6.31. The summed E-state index contributed by atoms with van der Waals surface area (Å²) in [5, 5.41) is 4.56. The molecule has 1 aliphatic heterocycles. The highest BCUT2D eigenvalue weighted by Crippen LogP contribution is 2.36. The Morgan fingerprint density at radius 3 is 2.47 bits per heavy atom. The van der Waals surface area contributed by atoms with Gasteiger partial charge in [-0.1, -0.05) is 17.7 Å². The maximum Gasteiger partial charge on any atom is 0.417 e. The number of halogens is 4. The van der Waals surface area contributed by atoms with Crippen LogP contribution in [0.2, 0.25) is 5.02 Å². The molecule has 1 heterocycles. The number of carbonyl (C=O) groups excluding carboxylic acids is 3. The van der Waals surface area contributed by atoms with Crippen molar-refractivity contribution >= 4 is 46.4 Å². The predicted octanol–water partition coefficient (Wildman–Crippen LogP) is 4.31. The van der Waals surface area contributed by atoms with Crippen molar-refractivity contribution in [2.45, 2.75) is 19.5 Å². The molecule has 10 heteroatoms. The van der Waals surface area contributed by atoms with Gasteiger partial charge in [0.05, 0.1) is 16.5 Å². The number of anilines is 3. The molecule has 1 saturated heterocycles. The molecule has 0 unspecified atom stereocenters. The average Bonchev–Trinajstić information content (AvgIpc) is 3.04. The van der Waals surface area contributed by atoms with Crippen LogP contribution in [-0.2, 0) is 20.6 Å². The quantitative estimate of drug-likeness (QED) is 0.745. The molecule has 3 amide bonds. The molecule has 0 aliphatic carbocycles. The lowest BCUT2D eigenvalue weighted by Gasteiger charge is -2.18. The third-order valence-corrected chi connectivity index (χ3v) is 4.84. The van der Waals surface area contributed by atoms with Gasteiger partial charge >= 0.3 is 6.18 Å². The third-order valence-electron chi connectivity index (χ3n) is 4.51. The van der Waals surface area contributed by atoms with Crippen LogP contribution in [0.3, 0.4) is 0 Å². The smallest absolute Gasteiger partial charge is 0.326 e. The van der Waals surface area contributed by atoms with Crippen LogP contribution in [0.25, 0.3) is 0 Å². The van der Waals surface area contributed by atoms with E-state index < -0.39 is 28.6 Å². The number of alkyl halides is 3. The summed E-state index contributed by atoms with van der Waals surface area (Å²) in [6.07, 6.45) is -4.74. The maximum absolute atomic E-state index is 13.0. The molecule has 0 saturated carbocycles. The summed E-state index contributed by atoms with van der Waals surface area (Å²) < 4.78 is 39.0. The monoisotopic (exact) mass is 439 g/mol. The van der Waals surface area contributed by atoms with E-state index in [1.54, 1.807) is 24.3 Å². The molecule has 2 aromatic carbocycles. The van der Waals surface area contributed by atoms with E-state index in [2.05, 4.69) is 10.6 Å². The Balaban J connectivity index is 1.72. The minimum absolute atomic E-state index is 0.0599. The highest BCUT2D eigenvalue weighted by Gasteiger charge is 2.36. The Kier molecular flexibility index (Phi) is 6.02. The number of nitrogens with one attached hydrogen (secondary N) is 2. The van der Waals surface area contributed by atoms with Crippen LogP contribution in [-0.4, -0.2) is 24.3 Å². The van der Waals surface area contributed by atoms with E-state index in [4.69, 9.17) is 11.6 Å². The molecule has 0 bridgehead atoms. The molecule has 2 N–H and O–H groups in total. The van der Waals surface area contributed by atoms with Crippen molar-refractivity contribution in [2.24, 2.45) is 5.92 Å². The van der Waals surface area contributed by atoms with Crippen LogP contribution in [0.5, 0.6) is 0 Å². The molecule has 6 nitrogen and oxygen atoms in total. The molecule has 2 aromatic rings. The minimum atomic E-state index is -4.66. The van der Waals surface area contributed by atoms with Gasteiger partial charge in [0.1, 0.15) is 0 Å².